The number of carbonyl (C=O) groups is 2. The monoisotopic (exact) mass is 277 g/mol. The van der Waals surface area contributed by atoms with Crippen molar-refractivity contribution in [3.05, 3.63) is 35.4 Å². The van der Waals surface area contributed by atoms with Crippen molar-refractivity contribution >= 4 is 11.9 Å². The van der Waals surface area contributed by atoms with Gasteiger partial charge in [-0.3, -0.25) is 4.79 Å². The first-order chi connectivity index (χ1) is 9.58. The van der Waals surface area contributed by atoms with Crippen molar-refractivity contribution in [3.8, 4) is 0 Å². The van der Waals surface area contributed by atoms with E-state index in [4.69, 9.17) is 5.73 Å². The van der Waals surface area contributed by atoms with Gasteiger partial charge in [0, 0.05) is 25.2 Å². The van der Waals surface area contributed by atoms with Gasteiger partial charge in [-0.05, 0) is 30.5 Å². The molecule has 1 aromatic carbocycles. The van der Waals surface area contributed by atoms with Crippen LogP contribution in [0.1, 0.15) is 42.6 Å². The minimum absolute atomic E-state index is 0.0584. The molecule has 20 heavy (non-hydrogen) atoms. The number of benzene rings is 1. The maximum absolute atomic E-state index is 12.3. The maximum atomic E-state index is 12.3. The summed E-state index contributed by atoms with van der Waals surface area (Å²) in [4.78, 5) is 24.8. The number of nitrogens with two attached hydrogens (primary N) is 1. The number of nitrogens with one attached hydrogen (secondary N) is 1. The zero-order valence-corrected chi connectivity index (χ0v) is 12.2. The number of amides is 3. The average molecular weight is 277 g/mol. The Morgan fingerprint density at radius 1 is 1.10 bits per heavy atom. The third kappa shape index (κ3) is 4.91. The predicted octanol–water partition coefficient (Wildman–Crippen LogP) is 2.12. The van der Waals surface area contributed by atoms with Crippen molar-refractivity contribution in [1.82, 2.24) is 10.2 Å². The van der Waals surface area contributed by atoms with E-state index in [1.165, 1.54) is 0 Å². The molecule has 5 heteroatoms. The van der Waals surface area contributed by atoms with Crippen LogP contribution in [0.15, 0.2) is 24.3 Å². The highest BCUT2D eigenvalue weighted by molar-refractivity contribution is 5.94. The van der Waals surface area contributed by atoms with Crippen LogP contribution in [-0.2, 0) is 6.54 Å². The Morgan fingerprint density at radius 3 is 2.10 bits per heavy atom. The molecular formula is C15H23N3O2. The van der Waals surface area contributed by atoms with Crippen LogP contribution in [0, 0.1) is 0 Å². The van der Waals surface area contributed by atoms with Gasteiger partial charge in [-0.25, -0.2) is 4.79 Å². The first-order valence-electron chi connectivity index (χ1n) is 7.00. The minimum atomic E-state index is -0.554. The standard InChI is InChI=1S/C15H23N3O2/c1-3-9-18(10-4-2)14(19)13-7-5-12(6-8-13)11-17-15(16)20/h5-8H,3-4,9-11H2,1-2H3,(H3,16,17,20). The van der Waals surface area contributed by atoms with Gasteiger partial charge in [-0.15, -0.1) is 0 Å². The van der Waals surface area contributed by atoms with Gasteiger partial charge in [0.1, 0.15) is 0 Å². The number of urea groups is 1. The van der Waals surface area contributed by atoms with Crippen molar-refractivity contribution in [1.29, 1.82) is 0 Å². The lowest BCUT2D eigenvalue weighted by atomic mass is 10.1. The van der Waals surface area contributed by atoms with E-state index in [-0.39, 0.29) is 5.91 Å². The molecule has 0 bridgehead atoms. The van der Waals surface area contributed by atoms with Crippen molar-refractivity contribution in [2.75, 3.05) is 13.1 Å². The smallest absolute Gasteiger partial charge is 0.312 e. The zero-order chi connectivity index (χ0) is 15.0. The summed E-state index contributed by atoms with van der Waals surface area (Å²) in [7, 11) is 0. The Labute approximate surface area is 120 Å². The van der Waals surface area contributed by atoms with E-state index in [2.05, 4.69) is 19.2 Å². The molecular weight excluding hydrogens is 254 g/mol. The summed E-state index contributed by atoms with van der Waals surface area (Å²) in [5.41, 5.74) is 6.60. The Bertz CT molecular complexity index is 437. The molecule has 0 heterocycles. The van der Waals surface area contributed by atoms with E-state index < -0.39 is 6.03 Å². The normalized spacial score (nSPS) is 10.1. The Balaban J connectivity index is 2.70. The SMILES string of the molecule is CCCN(CCC)C(=O)c1ccc(CNC(N)=O)cc1. The second kappa shape index (κ2) is 8.19. The lowest BCUT2D eigenvalue weighted by Crippen LogP contribution is -2.32. The van der Waals surface area contributed by atoms with E-state index >= 15 is 0 Å². The molecule has 3 amide bonds. The molecule has 0 spiro atoms. The van der Waals surface area contributed by atoms with Crippen molar-refractivity contribution in [3.63, 3.8) is 0 Å². The van der Waals surface area contributed by atoms with Crippen LogP contribution in [0.25, 0.3) is 0 Å². The molecule has 5 nitrogen and oxygen atoms in total. The number of primary amides is 1. The van der Waals surface area contributed by atoms with Crippen LogP contribution >= 0.6 is 0 Å². The first kappa shape index (κ1) is 16.0. The van der Waals surface area contributed by atoms with Gasteiger partial charge in [0.25, 0.3) is 5.91 Å². The van der Waals surface area contributed by atoms with Crippen LogP contribution in [0.4, 0.5) is 4.79 Å². The number of nitrogens with zero attached hydrogens (tertiary/aromatic N) is 1. The van der Waals surface area contributed by atoms with Gasteiger partial charge in [0.05, 0.1) is 0 Å². The van der Waals surface area contributed by atoms with E-state index in [0.29, 0.717) is 12.1 Å². The van der Waals surface area contributed by atoms with E-state index in [9.17, 15) is 9.59 Å². The third-order valence-electron chi connectivity index (χ3n) is 2.94. The topological polar surface area (TPSA) is 75.4 Å². The highest BCUT2D eigenvalue weighted by atomic mass is 16.2. The van der Waals surface area contributed by atoms with Gasteiger partial charge < -0.3 is 16.0 Å². The van der Waals surface area contributed by atoms with Gasteiger partial charge in [0.2, 0.25) is 0 Å². The summed E-state index contributed by atoms with van der Waals surface area (Å²) >= 11 is 0. The molecule has 0 radical (unpaired) electrons. The van der Waals surface area contributed by atoms with Gasteiger partial charge in [-0.1, -0.05) is 26.0 Å². The van der Waals surface area contributed by atoms with Crippen LogP contribution in [0.3, 0.4) is 0 Å². The molecule has 0 fully saturated rings. The quantitative estimate of drug-likeness (QED) is 0.801. The van der Waals surface area contributed by atoms with Gasteiger partial charge in [0.15, 0.2) is 0 Å². The summed E-state index contributed by atoms with van der Waals surface area (Å²) < 4.78 is 0. The van der Waals surface area contributed by atoms with Crippen LogP contribution in [0.2, 0.25) is 0 Å². The van der Waals surface area contributed by atoms with Gasteiger partial charge >= 0.3 is 6.03 Å². The summed E-state index contributed by atoms with van der Waals surface area (Å²) in [6.07, 6.45) is 1.90. The number of rotatable bonds is 7. The van der Waals surface area contributed by atoms with Gasteiger partial charge in [-0.2, -0.15) is 0 Å². The van der Waals surface area contributed by atoms with Crippen LogP contribution in [0.5, 0.6) is 0 Å². The molecule has 0 unspecified atom stereocenters. The molecule has 3 N–H and O–H groups in total. The van der Waals surface area contributed by atoms with E-state index in [1.807, 2.05) is 17.0 Å². The van der Waals surface area contributed by atoms with Crippen LogP contribution in [-0.4, -0.2) is 29.9 Å². The molecule has 0 aliphatic carbocycles. The maximum Gasteiger partial charge on any atom is 0.312 e. The first-order valence-corrected chi connectivity index (χ1v) is 7.00. The van der Waals surface area contributed by atoms with Crippen molar-refractivity contribution in [2.24, 2.45) is 5.73 Å². The highest BCUT2D eigenvalue weighted by Gasteiger charge is 2.13. The molecule has 0 saturated carbocycles. The number of hydrogen-bond acceptors (Lipinski definition) is 2. The molecule has 0 saturated heterocycles. The predicted molar refractivity (Wildman–Crippen MR) is 79.4 cm³/mol. The average Bonchev–Trinajstić information content (AvgIpc) is 2.44. The number of hydrogen-bond donors (Lipinski definition) is 2. The molecule has 0 aliphatic heterocycles. The fraction of sp³-hybridized carbons (Fsp3) is 0.467. The Kier molecular flexibility index (Phi) is 6.56. The van der Waals surface area contributed by atoms with Crippen molar-refractivity contribution in [2.45, 2.75) is 33.2 Å². The summed E-state index contributed by atoms with van der Waals surface area (Å²) in [6, 6.07) is 6.69. The second-order valence-electron chi connectivity index (χ2n) is 4.71. The van der Waals surface area contributed by atoms with Crippen molar-refractivity contribution < 1.29 is 9.59 Å². The number of carbonyl (C=O) groups excluding carboxylic acids is 2. The molecule has 1 rings (SSSR count). The fourth-order valence-electron chi connectivity index (χ4n) is 1.99. The second-order valence-corrected chi connectivity index (χ2v) is 4.71. The lowest BCUT2D eigenvalue weighted by molar-refractivity contribution is 0.0755. The molecule has 110 valence electrons. The summed E-state index contributed by atoms with van der Waals surface area (Å²) in [5.74, 6) is 0.0584. The fourth-order valence-corrected chi connectivity index (χ4v) is 1.99. The Morgan fingerprint density at radius 2 is 1.65 bits per heavy atom. The van der Waals surface area contributed by atoms with Crippen LogP contribution < -0.4 is 11.1 Å². The summed E-state index contributed by atoms with van der Waals surface area (Å²) in [5, 5.41) is 2.52. The highest BCUT2D eigenvalue weighted by Crippen LogP contribution is 2.09. The molecule has 0 atom stereocenters. The molecule has 1 aromatic rings. The summed E-state index contributed by atoms with van der Waals surface area (Å²) in [6.45, 7) is 6.05. The zero-order valence-electron chi connectivity index (χ0n) is 12.2. The largest absolute Gasteiger partial charge is 0.352 e. The van der Waals surface area contributed by atoms with E-state index in [0.717, 1.165) is 31.5 Å². The van der Waals surface area contributed by atoms with E-state index in [1.54, 1.807) is 12.1 Å². The minimum Gasteiger partial charge on any atom is -0.352 e. The molecule has 0 aromatic heterocycles. The third-order valence-corrected chi connectivity index (χ3v) is 2.94. The lowest BCUT2D eigenvalue weighted by Gasteiger charge is -2.21. The molecule has 0 aliphatic rings. The Hall–Kier alpha value is -2.04.